The number of carbonyl (C=O) groups is 3. The third-order valence-corrected chi connectivity index (χ3v) is 6.29. The number of hydrogen-bond acceptors (Lipinski definition) is 5. The summed E-state index contributed by atoms with van der Waals surface area (Å²) in [5.41, 5.74) is -0.283. The van der Waals surface area contributed by atoms with E-state index in [4.69, 9.17) is 0 Å². The predicted octanol–water partition coefficient (Wildman–Crippen LogP) is 3.44. The number of fused-ring (bicyclic) bond motifs is 1. The Hall–Kier alpha value is -3.40. The van der Waals surface area contributed by atoms with Crippen LogP contribution in [0.4, 0.5) is 18.9 Å². The van der Waals surface area contributed by atoms with E-state index in [0.717, 1.165) is 29.0 Å². The van der Waals surface area contributed by atoms with Crippen LogP contribution in [0.5, 0.6) is 5.75 Å². The molecule has 4 unspecified atom stereocenters. The fourth-order valence-electron chi connectivity index (χ4n) is 4.66. The second-order valence-electron chi connectivity index (χ2n) is 8.29. The largest absolute Gasteiger partial charge is 0.573 e. The molecule has 0 radical (unpaired) electrons. The molecule has 2 saturated heterocycles. The van der Waals surface area contributed by atoms with Crippen LogP contribution in [0.25, 0.3) is 0 Å². The molecule has 0 aromatic heterocycles. The number of aryl methyl sites for hydroxylation is 1. The van der Waals surface area contributed by atoms with Gasteiger partial charge >= 0.3 is 12.3 Å². The second kappa shape index (κ2) is 7.87. The fourth-order valence-corrected chi connectivity index (χ4v) is 4.66. The van der Waals surface area contributed by atoms with E-state index in [1.54, 1.807) is 24.3 Å². The number of rotatable bonds is 5. The molecule has 7 nitrogen and oxygen atoms in total. The van der Waals surface area contributed by atoms with Crippen molar-refractivity contribution in [3.63, 3.8) is 0 Å². The summed E-state index contributed by atoms with van der Waals surface area (Å²) in [5.74, 6) is -5.50. The number of nitrogens with zero attached hydrogens (tertiary/aromatic N) is 1. The molecule has 174 valence electrons. The van der Waals surface area contributed by atoms with E-state index in [1.165, 1.54) is 19.1 Å². The van der Waals surface area contributed by atoms with Crippen LogP contribution in [0.2, 0.25) is 0 Å². The van der Waals surface area contributed by atoms with Crippen molar-refractivity contribution in [1.82, 2.24) is 5.32 Å². The highest BCUT2D eigenvalue weighted by atomic mass is 19.4. The van der Waals surface area contributed by atoms with Gasteiger partial charge in [0.05, 0.1) is 17.5 Å². The third-order valence-electron chi connectivity index (χ3n) is 6.29. The third kappa shape index (κ3) is 3.84. The lowest BCUT2D eigenvalue weighted by atomic mass is 9.80. The maximum Gasteiger partial charge on any atom is 0.573 e. The van der Waals surface area contributed by atoms with Crippen LogP contribution in [0.3, 0.4) is 0 Å². The number of alkyl halides is 3. The molecule has 2 amide bonds. The number of ether oxygens (including phenoxy) is 1. The first-order chi connectivity index (χ1) is 15.5. The Balaban J connectivity index is 1.76. The molecule has 2 aromatic carbocycles. The van der Waals surface area contributed by atoms with Gasteiger partial charge in [0.15, 0.2) is 0 Å². The zero-order valence-electron chi connectivity index (χ0n) is 17.7. The number of anilines is 1. The molecule has 2 aliphatic heterocycles. The predicted molar refractivity (Wildman–Crippen MR) is 110 cm³/mol. The SMILES string of the molecule is CCc1ccc(N2C(=O)C3C(c4cccc(OC(F)(F)F)c4)NC(C)(C(=O)O)C3C2=O)cc1. The molecule has 2 N–H and O–H groups in total. The molecule has 4 atom stereocenters. The molecule has 0 bridgehead atoms. The minimum Gasteiger partial charge on any atom is -0.480 e. The summed E-state index contributed by atoms with van der Waals surface area (Å²) in [6.45, 7) is 3.26. The van der Waals surface area contributed by atoms with Crippen LogP contribution in [0, 0.1) is 11.8 Å². The number of halogens is 3. The lowest BCUT2D eigenvalue weighted by molar-refractivity contribution is -0.274. The molecule has 0 spiro atoms. The number of carboxylic acid groups (broad SMARTS) is 1. The quantitative estimate of drug-likeness (QED) is 0.661. The number of hydrogen-bond donors (Lipinski definition) is 2. The Morgan fingerprint density at radius 3 is 2.39 bits per heavy atom. The smallest absolute Gasteiger partial charge is 0.480 e. The molecular weight excluding hydrogens is 441 g/mol. The topological polar surface area (TPSA) is 95.9 Å². The van der Waals surface area contributed by atoms with Crippen molar-refractivity contribution in [2.45, 2.75) is 38.2 Å². The highest BCUT2D eigenvalue weighted by Gasteiger charge is 2.66. The maximum absolute atomic E-state index is 13.4. The lowest BCUT2D eigenvalue weighted by Gasteiger charge is -2.27. The van der Waals surface area contributed by atoms with Crippen LogP contribution in [0.1, 0.15) is 31.0 Å². The summed E-state index contributed by atoms with van der Waals surface area (Å²) in [7, 11) is 0. The van der Waals surface area contributed by atoms with E-state index in [-0.39, 0.29) is 5.56 Å². The number of carbonyl (C=O) groups excluding carboxylic acids is 2. The first-order valence-electron chi connectivity index (χ1n) is 10.3. The minimum atomic E-state index is -4.92. The van der Waals surface area contributed by atoms with Crippen LogP contribution >= 0.6 is 0 Å². The number of carboxylic acids is 1. The molecule has 0 saturated carbocycles. The van der Waals surface area contributed by atoms with Crippen molar-refractivity contribution in [2.75, 3.05) is 4.90 Å². The van der Waals surface area contributed by atoms with Crippen LogP contribution in [0.15, 0.2) is 48.5 Å². The van der Waals surface area contributed by atoms with Crippen LogP contribution < -0.4 is 15.0 Å². The molecule has 10 heteroatoms. The molecule has 2 aromatic rings. The van der Waals surface area contributed by atoms with E-state index < -0.39 is 53.3 Å². The van der Waals surface area contributed by atoms with Crippen molar-refractivity contribution in [3.8, 4) is 5.75 Å². The number of imide groups is 1. The van der Waals surface area contributed by atoms with Gasteiger partial charge in [-0.1, -0.05) is 31.2 Å². The van der Waals surface area contributed by atoms with Crippen molar-refractivity contribution >= 4 is 23.5 Å². The van der Waals surface area contributed by atoms with E-state index in [0.29, 0.717) is 5.69 Å². The molecule has 4 rings (SSSR count). The van der Waals surface area contributed by atoms with E-state index in [2.05, 4.69) is 10.1 Å². The van der Waals surface area contributed by atoms with Gasteiger partial charge in [-0.3, -0.25) is 19.7 Å². The first-order valence-corrected chi connectivity index (χ1v) is 10.3. The second-order valence-corrected chi connectivity index (χ2v) is 8.29. The molecule has 33 heavy (non-hydrogen) atoms. The summed E-state index contributed by atoms with van der Waals surface area (Å²) < 4.78 is 42.0. The Bertz CT molecular complexity index is 1120. The van der Waals surface area contributed by atoms with Crippen molar-refractivity contribution in [1.29, 1.82) is 0 Å². The van der Waals surface area contributed by atoms with Gasteiger partial charge in [0.25, 0.3) is 0 Å². The van der Waals surface area contributed by atoms with Gasteiger partial charge < -0.3 is 9.84 Å². The minimum absolute atomic E-state index is 0.209. The average molecular weight is 462 g/mol. The molecule has 0 aliphatic carbocycles. The zero-order valence-corrected chi connectivity index (χ0v) is 17.7. The molecular formula is C23H21F3N2O5. The molecule has 2 heterocycles. The maximum atomic E-state index is 13.4. The number of aliphatic carboxylic acids is 1. The van der Waals surface area contributed by atoms with Crippen molar-refractivity contribution in [3.05, 3.63) is 59.7 Å². The number of benzene rings is 2. The zero-order chi connectivity index (χ0) is 24.1. The number of amides is 2. The van der Waals surface area contributed by atoms with Gasteiger partial charge in [-0.05, 0) is 48.7 Å². The molecule has 2 fully saturated rings. The van der Waals surface area contributed by atoms with Gasteiger partial charge in [0, 0.05) is 6.04 Å². The lowest BCUT2D eigenvalue weighted by Crippen LogP contribution is -2.53. The standard InChI is InChI=1S/C23H21F3N2O5/c1-3-12-7-9-14(10-8-12)28-19(29)16-17(20(28)30)22(2,21(31)32)27-18(16)13-5-4-6-15(11-13)33-23(24,25)26/h4-11,16-18,27H,3H2,1-2H3,(H,31,32). The summed E-state index contributed by atoms with van der Waals surface area (Å²) in [4.78, 5) is 39.9. The Morgan fingerprint density at radius 1 is 1.15 bits per heavy atom. The van der Waals surface area contributed by atoms with Gasteiger partial charge in [0.2, 0.25) is 11.8 Å². The summed E-state index contributed by atoms with van der Waals surface area (Å²) in [6.07, 6.45) is -4.16. The van der Waals surface area contributed by atoms with Gasteiger partial charge in [0.1, 0.15) is 11.3 Å². The van der Waals surface area contributed by atoms with E-state index in [1.807, 2.05) is 6.92 Å². The first kappa shape index (κ1) is 22.8. The Kier molecular flexibility index (Phi) is 5.44. The highest BCUT2D eigenvalue weighted by Crippen LogP contribution is 2.50. The van der Waals surface area contributed by atoms with Gasteiger partial charge in [-0.25, -0.2) is 4.90 Å². The highest BCUT2D eigenvalue weighted by molar-refractivity contribution is 6.24. The number of nitrogens with one attached hydrogen (secondary N) is 1. The molecule has 2 aliphatic rings. The van der Waals surface area contributed by atoms with Gasteiger partial charge in [-0.2, -0.15) is 0 Å². The monoisotopic (exact) mass is 462 g/mol. The summed E-state index contributed by atoms with van der Waals surface area (Å²) in [5, 5.41) is 12.7. The summed E-state index contributed by atoms with van der Waals surface area (Å²) >= 11 is 0. The Labute approximate surface area is 187 Å². The summed E-state index contributed by atoms with van der Waals surface area (Å²) in [6, 6.07) is 10.7. The van der Waals surface area contributed by atoms with Gasteiger partial charge in [-0.15, -0.1) is 13.2 Å². The van der Waals surface area contributed by atoms with E-state index in [9.17, 15) is 32.7 Å². The average Bonchev–Trinajstić information content (AvgIpc) is 3.21. The van der Waals surface area contributed by atoms with E-state index >= 15 is 0 Å². The Morgan fingerprint density at radius 2 is 1.82 bits per heavy atom. The van der Waals surface area contributed by atoms with Crippen LogP contribution in [-0.2, 0) is 20.8 Å². The fraction of sp³-hybridized carbons (Fsp3) is 0.348. The van der Waals surface area contributed by atoms with Crippen molar-refractivity contribution < 1.29 is 37.4 Å². The van der Waals surface area contributed by atoms with Crippen LogP contribution in [-0.4, -0.2) is 34.8 Å². The van der Waals surface area contributed by atoms with Crippen molar-refractivity contribution in [2.24, 2.45) is 11.8 Å². The normalized spacial score (nSPS) is 27.1.